The Balaban J connectivity index is 1.46. The Morgan fingerprint density at radius 2 is 1.86 bits per heavy atom. The lowest BCUT2D eigenvalue weighted by molar-refractivity contribution is -0.111. The molecule has 2 N–H and O–H groups in total. The van der Waals surface area contributed by atoms with E-state index in [-0.39, 0.29) is 11.9 Å². The van der Waals surface area contributed by atoms with Crippen LogP contribution in [0.25, 0.3) is 27.9 Å². The first-order valence-corrected chi connectivity index (χ1v) is 9.27. The standard InChI is InChI=1S/C23H19N3O3/c1-2-29-23(28)15-7-9-16(10-8-15)25-22(27)12-11-17-13-19-18-5-3-4-6-20(18)26-21(19)14-24-17/h3-14,26H,2H2,1H3,(H,25,27)/b12-11+. The summed E-state index contributed by atoms with van der Waals surface area (Å²) in [6.45, 7) is 2.07. The van der Waals surface area contributed by atoms with Crippen molar-refractivity contribution in [2.45, 2.75) is 6.92 Å². The van der Waals surface area contributed by atoms with Gasteiger partial charge in [-0.3, -0.25) is 9.78 Å². The van der Waals surface area contributed by atoms with Crippen LogP contribution in [0.3, 0.4) is 0 Å². The molecule has 0 aliphatic rings. The molecule has 2 aromatic carbocycles. The van der Waals surface area contributed by atoms with Gasteiger partial charge in [-0.2, -0.15) is 0 Å². The number of H-pyrrole nitrogens is 1. The molecule has 1 amide bonds. The Morgan fingerprint density at radius 3 is 2.66 bits per heavy atom. The molecule has 0 aliphatic heterocycles. The number of carbonyl (C=O) groups is 2. The fourth-order valence-corrected chi connectivity index (χ4v) is 3.11. The second-order valence-electron chi connectivity index (χ2n) is 6.45. The van der Waals surface area contributed by atoms with Gasteiger partial charge in [0.15, 0.2) is 0 Å². The maximum Gasteiger partial charge on any atom is 0.338 e. The maximum absolute atomic E-state index is 12.2. The number of esters is 1. The molecule has 2 heterocycles. The molecule has 0 atom stereocenters. The van der Waals surface area contributed by atoms with Crippen LogP contribution in [0.1, 0.15) is 23.0 Å². The van der Waals surface area contributed by atoms with E-state index in [0.29, 0.717) is 23.6 Å². The van der Waals surface area contributed by atoms with Crippen molar-refractivity contribution in [1.82, 2.24) is 9.97 Å². The number of anilines is 1. The van der Waals surface area contributed by atoms with Gasteiger partial charge in [-0.15, -0.1) is 0 Å². The maximum atomic E-state index is 12.2. The third-order valence-electron chi connectivity index (χ3n) is 4.48. The van der Waals surface area contributed by atoms with E-state index in [1.165, 1.54) is 6.08 Å². The van der Waals surface area contributed by atoms with Crippen LogP contribution >= 0.6 is 0 Å². The Bertz CT molecular complexity index is 1220. The van der Waals surface area contributed by atoms with Crippen molar-refractivity contribution in [3.63, 3.8) is 0 Å². The number of hydrogen-bond donors (Lipinski definition) is 2. The summed E-state index contributed by atoms with van der Waals surface area (Å²) in [6.07, 6.45) is 4.87. The zero-order chi connectivity index (χ0) is 20.2. The summed E-state index contributed by atoms with van der Waals surface area (Å²) in [5.41, 5.74) is 3.73. The molecular formula is C23H19N3O3. The van der Waals surface area contributed by atoms with Gasteiger partial charge in [0.1, 0.15) is 0 Å². The van der Waals surface area contributed by atoms with Crippen LogP contribution in [0.15, 0.2) is 66.9 Å². The fraction of sp³-hybridized carbons (Fsp3) is 0.0870. The topological polar surface area (TPSA) is 84.1 Å². The third-order valence-corrected chi connectivity index (χ3v) is 4.48. The summed E-state index contributed by atoms with van der Waals surface area (Å²) in [6, 6.07) is 16.5. The number of pyridine rings is 1. The van der Waals surface area contributed by atoms with Crippen molar-refractivity contribution in [3.8, 4) is 0 Å². The van der Waals surface area contributed by atoms with Gasteiger partial charge in [-0.1, -0.05) is 18.2 Å². The molecule has 0 saturated carbocycles. The summed E-state index contributed by atoms with van der Waals surface area (Å²) in [5, 5.41) is 4.94. The second kappa shape index (κ2) is 7.98. The summed E-state index contributed by atoms with van der Waals surface area (Å²) >= 11 is 0. The number of nitrogens with zero attached hydrogens (tertiary/aromatic N) is 1. The molecule has 0 aliphatic carbocycles. The quantitative estimate of drug-likeness (QED) is 0.390. The van der Waals surface area contributed by atoms with E-state index in [1.807, 2.05) is 30.3 Å². The third kappa shape index (κ3) is 4.01. The van der Waals surface area contributed by atoms with Crippen LogP contribution in [0, 0.1) is 0 Å². The highest BCUT2D eigenvalue weighted by atomic mass is 16.5. The number of carbonyl (C=O) groups excluding carboxylic acids is 2. The van der Waals surface area contributed by atoms with E-state index in [0.717, 1.165) is 21.8 Å². The number of aromatic nitrogens is 2. The van der Waals surface area contributed by atoms with Gasteiger partial charge >= 0.3 is 5.97 Å². The number of benzene rings is 2. The highest BCUT2D eigenvalue weighted by molar-refractivity contribution is 6.07. The first-order valence-electron chi connectivity index (χ1n) is 9.27. The molecule has 2 aromatic heterocycles. The molecule has 0 spiro atoms. The molecule has 0 unspecified atom stereocenters. The lowest BCUT2D eigenvalue weighted by Gasteiger charge is -2.04. The van der Waals surface area contributed by atoms with Gasteiger partial charge in [0.25, 0.3) is 0 Å². The predicted octanol–water partition coefficient (Wildman–Crippen LogP) is 4.54. The van der Waals surface area contributed by atoms with Crippen molar-refractivity contribution in [3.05, 3.63) is 78.1 Å². The van der Waals surface area contributed by atoms with Crippen molar-refractivity contribution in [2.75, 3.05) is 11.9 Å². The Hall–Kier alpha value is -3.93. The molecule has 0 fully saturated rings. The lowest BCUT2D eigenvalue weighted by atomic mass is 10.1. The zero-order valence-corrected chi connectivity index (χ0v) is 15.8. The number of hydrogen-bond acceptors (Lipinski definition) is 4. The van der Waals surface area contributed by atoms with Crippen molar-refractivity contribution in [1.29, 1.82) is 0 Å². The number of aromatic amines is 1. The molecular weight excluding hydrogens is 366 g/mol. The van der Waals surface area contributed by atoms with Gasteiger partial charge in [0.2, 0.25) is 5.91 Å². The second-order valence-corrected chi connectivity index (χ2v) is 6.45. The normalized spacial score (nSPS) is 11.2. The molecule has 29 heavy (non-hydrogen) atoms. The molecule has 4 rings (SSSR count). The van der Waals surface area contributed by atoms with Gasteiger partial charge in [-0.25, -0.2) is 4.79 Å². The van der Waals surface area contributed by atoms with Gasteiger partial charge in [-0.05, 0) is 49.4 Å². The summed E-state index contributed by atoms with van der Waals surface area (Å²) in [5.74, 6) is -0.668. The SMILES string of the molecule is CCOC(=O)c1ccc(NC(=O)/C=C/c2cc3c(cn2)[nH]c2ccccc23)cc1. The van der Waals surface area contributed by atoms with Crippen LogP contribution in [0.5, 0.6) is 0 Å². The highest BCUT2D eigenvalue weighted by Gasteiger charge is 2.07. The highest BCUT2D eigenvalue weighted by Crippen LogP contribution is 2.25. The van der Waals surface area contributed by atoms with Crippen LogP contribution < -0.4 is 5.32 Å². The average Bonchev–Trinajstić information content (AvgIpc) is 3.11. The first-order chi connectivity index (χ1) is 14.1. The molecule has 0 bridgehead atoms. The number of amides is 1. The summed E-state index contributed by atoms with van der Waals surface area (Å²) in [4.78, 5) is 31.6. The van der Waals surface area contributed by atoms with Crippen LogP contribution in [-0.2, 0) is 9.53 Å². The number of fused-ring (bicyclic) bond motifs is 3. The average molecular weight is 385 g/mol. The lowest BCUT2D eigenvalue weighted by Crippen LogP contribution is -2.09. The Kier molecular flexibility index (Phi) is 5.07. The van der Waals surface area contributed by atoms with Gasteiger partial charge < -0.3 is 15.0 Å². The van der Waals surface area contributed by atoms with E-state index in [9.17, 15) is 9.59 Å². The number of ether oxygens (including phenoxy) is 1. The Morgan fingerprint density at radius 1 is 1.07 bits per heavy atom. The number of para-hydroxylation sites is 1. The van der Waals surface area contributed by atoms with Gasteiger partial charge in [0, 0.05) is 28.1 Å². The number of rotatable bonds is 5. The Labute approximate surface area is 167 Å². The molecule has 6 nitrogen and oxygen atoms in total. The molecule has 0 saturated heterocycles. The monoisotopic (exact) mass is 385 g/mol. The minimum absolute atomic E-state index is 0.283. The largest absolute Gasteiger partial charge is 0.462 e. The van der Waals surface area contributed by atoms with E-state index in [2.05, 4.69) is 15.3 Å². The molecule has 144 valence electrons. The smallest absolute Gasteiger partial charge is 0.338 e. The van der Waals surface area contributed by atoms with Crippen molar-refractivity contribution >= 4 is 45.4 Å². The van der Waals surface area contributed by atoms with E-state index in [4.69, 9.17) is 4.74 Å². The van der Waals surface area contributed by atoms with Crippen LogP contribution in [-0.4, -0.2) is 28.5 Å². The summed E-state index contributed by atoms with van der Waals surface area (Å²) < 4.78 is 4.94. The minimum atomic E-state index is -0.385. The van der Waals surface area contributed by atoms with Gasteiger partial charge in [0.05, 0.1) is 29.6 Å². The predicted molar refractivity (Wildman–Crippen MR) is 114 cm³/mol. The van der Waals surface area contributed by atoms with E-state index < -0.39 is 0 Å². The van der Waals surface area contributed by atoms with E-state index >= 15 is 0 Å². The molecule has 4 aromatic rings. The van der Waals surface area contributed by atoms with Crippen LogP contribution in [0.4, 0.5) is 5.69 Å². The van der Waals surface area contributed by atoms with Crippen LogP contribution in [0.2, 0.25) is 0 Å². The first kappa shape index (κ1) is 18.4. The van der Waals surface area contributed by atoms with Crippen molar-refractivity contribution < 1.29 is 14.3 Å². The van der Waals surface area contributed by atoms with Crippen molar-refractivity contribution in [2.24, 2.45) is 0 Å². The fourth-order valence-electron chi connectivity index (χ4n) is 3.11. The minimum Gasteiger partial charge on any atom is -0.462 e. The zero-order valence-electron chi connectivity index (χ0n) is 15.8. The molecule has 6 heteroatoms. The molecule has 0 radical (unpaired) electrons. The number of nitrogens with one attached hydrogen (secondary N) is 2. The van der Waals surface area contributed by atoms with E-state index in [1.54, 1.807) is 43.5 Å². The summed E-state index contributed by atoms with van der Waals surface area (Å²) in [7, 11) is 0.